The smallest absolute Gasteiger partial charge is 0.303 e. The van der Waals surface area contributed by atoms with E-state index in [1.54, 1.807) is 37.4 Å². The number of pyridine rings is 1. The number of fused-ring (bicyclic) bond motifs is 1. The van der Waals surface area contributed by atoms with E-state index in [1.807, 2.05) is 30.3 Å². The van der Waals surface area contributed by atoms with Crippen molar-refractivity contribution in [1.29, 1.82) is 0 Å². The lowest BCUT2D eigenvalue weighted by atomic mass is 9.79. The van der Waals surface area contributed by atoms with Gasteiger partial charge in [-0.1, -0.05) is 11.8 Å². The number of ether oxygens (including phenoxy) is 1. The first-order chi connectivity index (χ1) is 17.0. The molecule has 0 amide bonds. The van der Waals surface area contributed by atoms with Gasteiger partial charge in [0.15, 0.2) is 5.09 Å². The van der Waals surface area contributed by atoms with Crippen molar-refractivity contribution in [2.75, 3.05) is 32.5 Å². The average Bonchev–Trinajstić information content (AvgIpc) is 3.38. The Hall–Kier alpha value is -2.58. The molecule has 1 aliphatic heterocycles. The summed E-state index contributed by atoms with van der Waals surface area (Å²) in [5.74, 6) is 1.11. The molecule has 3 heterocycles. The van der Waals surface area contributed by atoms with Crippen LogP contribution in [0.3, 0.4) is 0 Å². The highest BCUT2D eigenvalue weighted by molar-refractivity contribution is 7.99. The van der Waals surface area contributed by atoms with E-state index in [1.165, 1.54) is 0 Å². The molecule has 1 fully saturated rings. The largest absolute Gasteiger partial charge is 0.497 e. The number of rotatable bonds is 12. The summed E-state index contributed by atoms with van der Waals surface area (Å²) in [5, 5.41) is 11.2. The topological polar surface area (TPSA) is 75.8 Å². The first-order valence-electron chi connectivity index (χ1n) is 12.2. The van der Waals surface area contributed by atoms with Gasteiger partial charge in [-0.15, -0.1) is 0 Å². The van der Waals surface area contributed by atoms with Crippen molar-refractivity contribution >= 4 is 28.6 Å². The van der Waals surface area contributed by atoms with Crippen LogP contribution in [-0.2, 0) is 4.79 Å². The summed E-state index contributed by atoms with van der Waals surface area (Å²) in [4.78, 5) is 18.3. The van der Waals surface area contributed by atoms with Gasteiger partial charge >= 0.3 is 5.97 Å². The third-order valence-corrected chi connectivity index (χ3v) is 7.89. The van der Waals surface area contributed by atoms with Gasteiger partial charge < -0.3 is 19.2 Å². The lowest BCUT2D eigenvalue weighted by Gasteiger charge is -2.38. The van der Waals surface area contributed by atoms with E-state index in [-0.39, 0.29) is 18.3 Å². The van der Waals surface area contributed by atoms with Crippen molar-refractivity contribution in [2.24, 2.45) is 11.8 Å². The summed E-state index contributed by atoms with van der Waals surface area (Å²) in [6.07, 6.45) is 5.30. The number of carboxylic acid groups (broad SMARTS) is 1. The van der Waals surface area contributed by atoms with Crippen LogP contribution in [-0.4, -0.2) is 53.5 Å². The number of nitrogens with zero attached hydrogens (tertiary/aromatic N) is 2. The maximum atomic E-state index is 15.4. The second kappa shape index (κ2) is 12.4. The van der Waals surface area contributed by atoms with Crippen LogP contribution in [0.2, 0.25) is 0 Å². The van der Waals surface area contributed by atoms with Gasteiger partial charge in [0.05, 0.1) is 18.9 Å². The Bertz CT molecular complexity index is 1090. The highest BCUT2D eigenvalue weighted by Crippen LogP contribution is 2.36. The van der Waals surface area contributed by atoms with Crippen molar-refractivity contribution < 1.29 is 23.4 Å². The molecule has 6 nitrogen and oxygen atoms in total. The number of thioether (sulfide) groups is 1. The van der Waals surface area contributed by atoms with Gasteiger partial charge in [-0.05, 0) is 92.6 Å². The maximum absolute atomic E-state index is 15.4. The number of likely N-dealkylation sites (tertiary alicyclic amines) is 1. The molecule has 0 spiro atoms. The Morgan fingerprint density at radius 3 is 3.00 bits per heavy atom. The molecule has 1 N–H and O–H groups in total. The van der Waals surface area contributed by atoms with Crippen LogP contribution in [0.4, 0.5) is 4.39 Å². The van der Waals surface area contributed by atoms with E-state index in [0.717, 1.165) is 54.2 Å². The molecule has 0 saturated carbocycles. The summed E-state index contributed by atoms with van der Waals surface area (Å²) in [6, 6.07) is 11.1. The lowest BCUT2D eigenvalue weighted by Crippen LogP contribution is -2.42. The monoisotopic (exact) mass is 500 g/mol. The van der Waals surface area contributed by atoms with E-state index in [2.05, 4.69) is 9.88 Å². The number of carbonyl (C=O) groups is 1. The Morgan fingerprint density at radius 1 is 1.34 bits per heavy atom. The van der Waals surface area contributed by atoms with Gasteiger partial charge in [0, 0.05) is 30.3 Å². The number of benzene rings is 1. The van der Waals surface area contributed by atoms with Gasteiger partial charge in [-0.25, -0.2) is 4.39 Å². The number of alkyl halides is 1. The second-order valence-electron chi connectivity index (χ2n) is 9.17. The molecule has 35 heavy (non-hydrogen) atoms. The summed E-state index contributed by atoms with van der Waals surface area (Å²) in [6.45, 7) is 2.63. The fourth-order valence-corrected chi connectivity index (χ4v) is 5.84. The molecule has 188 valence electrons. The van der Waals surface area contributed by atoms with Crippen molar-refractivity contribution in [3.05, 3.63) is 54.4 Å². The van der Waals surface area contributed by atoms with E-state index < -0.39 is 12.1 Å². The number of furan rings is 1. The zero-order valence-corrected chi connectivity index (χ0v) is 20.9. The SMILES string of the molecule is COc1ccc2nccc([C@H](F)CC[C@@H]3CCN(CCCSc4ccco4)C[C@@H]3CC(=O)O)c2c1. The number of aliphatic carboxylic acids is 1. The van der Waals surface area contributed by atoms with E-state index in [0.29, 0.717) is 24.2 Å². The second-order valence-corrected chi connectivity index (χ2v) is 10.3. The van der Waals surface area contributed by atoms with Gasteiger partial charge in [-0.3, -0.25) is 9.78 Å². The minimum absolute atomic E-state index is 0.0421. The molecule has 1 aliphatic rings. The Morgan fingerprint density at radius 2 is 2.23 bits per heavy atom. The van der Waals surface area contributed by atoms with Crippen LogP contribution in [0.1, 0.15) is 43.8 Å². The zero-order valence-electron chi connectivity index (χ0n) is 20.1. The number of carboxylic acids is 1. The predicted molar refractivity (Wildman–Crippen MR) is 136 cm³/mol. The normalized spacial score (nSPS) is 19.6. The third kappa shape index (κ3) is 6.98. The van der Waals surface area contributed by atoms with Crippen LogP contribution in [0.15, 0.2) is 58.4 Å². The van der Waals surface area contributed by atoms with Crippen molar-refractivity contribution in [3.8, 4) is 5.75 Å². The zero-order chi connectivity index (χ0) is 24.6. The van der Waals surface area contributed by atoms with Gasteiger partial charge in [0.1, 0.15) is 11.9 Å². The van der Waals surface area contributed by atoms with Crippen molar-refractivity contribution in [2.45, 2.75) is 43.4 Å². The molecule has 1 aromatic carbocycles. The summed E-state index contributed by atoms with van der Waals surface area (Å²) < 4.78 is 26.1. The van der Waals surface area contributed by atoms with Crippen LogP contribution in [0, 0.1) is 11.8 Å². The molecule has 8 heteroatoms. The number of methoxy groups -OCH3 is 1. The number of aromatic nitrogens is 1. The fourth-order valence-electron chi connectivity index (χ4n) is 5.06. The Labute approximate surface area is 209 Å². The quantitative estimate of drug-likeness (QED) is 0.234. The molecule has 1 saturated heterocycles. The van der Waals surface area contributed by atoms with Gasteiger partial charge in [0.2, 0.25) is 0 Å². The summed E-state index contributed by atoms with van der Waals surface area (Å²) >= 11 is 1.70. The van der Waals surface area contributed by atoms with Crippen LogP contribution in [0.25, 0.3) is 10.9 Å². The standard InChI is InChI=1S/C27H33FN2O4S/c1-33-21-6-8-25-23(17-21)22(9-11-29-25)24(28)7-5-19-10-13-30(18-20(19)16-26(31)32)12-3-15-35-27-4-2-14-34-27/h2,4,6,8-9,11,14,17,19-20,24H,3,5,7,10,12-13,15-16,18H2,1H3,(H,31,32)/t19-,20+,24-/m1/s1. The Balaban J connectivity index is 1.32. The Kier molecular flexibility index (Phi) is 9.04. The van der Waals surface area contributed by atoms with E-state index >= 15 is 4.39 Å². The first-order valence-corrected chi connectivity index (χ1v) is 13.2. The van der Waals surface area contributed by atoms with Gasteiger partial charge in [0.25, 0.3) is 0 Å². The minimum Gasteiger partial charge on any atom is -0.497 e. The summed E-state index contributed by atoms with van der Waals surface area (Å²) in [7, 11) is 1.59. The predicted octanol–water partition coefficient (Wildman–Crippen LogP) is 6.22. The molecular weight excluding hydrogens is 467 g/mol. The van der Waals surface area contributed by atoms with Crippen LogP contribution >= 0.6 is 11.8 Å². The molecule has 0 aliphatic carbocycles. The third-order valence-electron chi connectivity index (χ3n) is 6.88. The van der Waals surface area contributed by atoms with Crippen molar-refractivity contribution in [1.82, 2.24) is 9.88 Å². The van der Waals surface area contributed by atoms with E-state index in [4.69, 9.17) is 9.15 Å². The van der Waals surface area contributed by atoms with Crippen LogP contribution in [0.5, 0.6) is 5.75 Å². The van der Waals surface area contributed by atoms with E-state index in [9.17, 15) is 9.90 Å². The van der Waals surface area contributed by atoms with Crippen molar-refractivity contribution in [3.63, 3.8) is 0 Å². The fraction of sp³-hybridized carbons (Fsp3) is 0.481. The minimum atomic E-state index is -1.13. The number of halogens is 1. The summed E-state index contributed by atoms with van der Waals surface area (Å²) in [5.41, 5.74) is 1.36. The molecule has 0 bridgehead atoms. The molecule has 2 aromatic heterocycles. The molecule has 3 aromatic rings. The lowest BCUT2D eigenvalue weighted by molar-refractivity contribution is -0.139. The first kappa shape index (κ1) is 25.5. The molecule has 0 radical (unpaired) electrons. The molecule has 0 unspecified atom stereocenters. The molecule has 4 rings (SSSR count). The molecular formula is C27H33FN2O4S. The molecule has 3 atom stereocenters. The maximum Gasteiger partial charge on any atom is 0.303 e. The van der Waals surface area contributed by atoms with Gasteiger partial charge in [-0.2, -0.15) is 0 Å². The number of hydrogen-bond donors (Lipinski definition) is 1. The highest BCUT2D eigenvalue weighted by atomic mass is 32.2. The van der Waals surface area contributed by atoms with Crippen LogP contribution < -0.4 is 4.74 Å². The number of piperidine rings is 1. The number of hydrogen-bond acceptors (Lipinski definition) is 6. The average molecular weight is 501 g/mol. The highest BCUT2D eigenvalue weighted by Gasteiger charge is 2.31.